The molecule has 2 atom stereocenters. The molecule has 0 fully saturated rings. The summed E-state index contributed by atoms with van der Waals surface area (Å²) < 4.78 is 4.84. The smallest absolute Gasteiger partial charge is 0.308 e. The van der Waals surface area contributed by atoms with Crippen molar-refractivity contribution in [3.8, 4) is 11.5 Å². The fourth-order valence-electron chi connectivity index (χ4n) is 2.19. The average molecular weight is 338 g/mol. The van der Waals surface area contributed by atoms with Crippen LogP contribution in [-0.2, 0) is 11.2 Å². The number of rotatable bonds is 5. The number of hydrogen-bond acceptors (Lipinski definition) is 5. The minimum atomic E-state index is -0.790. The molecule has 0 radical (unpaired) electrons. The number of phenols is 1. The Morgan fingerprint density at radius 3 is 2.43 bits per heavy atom. The maximum Gasteiger partial charge on any atom is 0.308 e. The van der Waals surface area contributed by atoms with Gasteiger partial charge in [0.25, 0.3) is 0 Å². The van der Waals surface area contributed by atoms with Crippen LogP contribution in [0.25, 0.3) is 0 Å². The number of aromatic hydroxyl groups is 1. The summed E-state index contributed by atoms with van der Waals surface area (Å²) in [5.41, 5.74) is 7.58. The van der Waals surface area contributed by atoms with Crippen molar-refractivity contribution in [2.45, 2.75) is 25.5 Å². The van der Waals surface area contributed by atoms with Gasteiger partial charge in [0, 0.05) is 13.3 Å². The highest BCUT2D eigenvalue weighted by Gasteiger charge is 2.19. The number of carbonyl (C=O) groups is 1. The zero-order chi connectivity index (χ0) is 16.1. The fraction of sp³-hybridized carbons (Fsp3) is 0.235. The van der Waals surface area contributed by atoms with E-state index in [1.165, 1.54) is 19.1 Å². The van der Waals surface area contributed by atoms with Gasteiger partial charge < -0.3 is 20.7 Å². The van der Waals surface area contributed by atoms with Crippen molar-refractivity contribution >= 4 is 18.4 Å². The second-order valence-electron chi connectivity index (χ2n) is 5.10. The Balaban J connectivity index is 0.00000264. The molecule has 2 aromatic carbocycles. The summed E-state index contributed by atoms with van der Waals surface area (Å²) in [5, 5.41) is 20.1. The second kappa shape index (κ2) is 8.53. The average Bonchev–Trinajstić information content (AvgIpc) is 2.49. The van der Waals surface area contributed by atoms with Crippen LogP contribution in [0.4, 0.5) is 0 Å². The van der Waals surface area contributed by atoms with Gasteiger partial charge >= 0.3 is 5.97 Å². The fourth-order valence-corrected chi connectivity index (χ4v) is 2.19. The number of hydrogen-bond donors (Lipinski definition) is 3. The van der Waals surface area contributed by atoms with E-state index in [0.29, 0.717) is 12.0 Å². The number of ether oxygens (including phenoxy) is 1. The number of phenolic OH excluding ortho intramolecular Hbond substituents is 1. The van der Waals surface area contributed by atoms with Gasteiger partial charge in [-0.3, -0.25) is 4.79 Å². The summed E-state index contributed by atoms with van der Waals surface area (Å²) in [7, 11) is 0. The van der Waals surface area contributed by atoms with Gasteiger partial charge in [-0.2, -0.15) is 0 Å². The van der Waals surface area contributed by atoms with Gasteiger partial charge in [0.2, 0.25) is 0 Å². The lowest BCUT2D eigenvalue weighted by Gasteiger charge is -2.20. The van der Waals surface area contributed by atoms with Crippen LogP contribution in [-0.4, -0.2) is 22.3 Å². The molecule has 124 valence electrons. The topological polar surface area (TPSA) is 92.8 Å². The Labute approximate surface area is 141 Å². The Hall–Kier alpha value is -2.08. The monoisotopic (exact) mass is 337 g/mol. The highest BCUT2D eigenvalue weighted by atomic mass is 35.5. The lowest BCUT2D eigenvalue weighted by molar-refractivity contribution is -0.132. The maximum absolute atomic E-state index is 10.9. The van der Waals surface area contributed by atoms with Crippen LogP contribution in [0.15, 0.2) is 48.5 Å². The zero-order valence-electron chi connectivity index (χ0n) is 12.7. The van der Waals surface area contributed by atoms with Gasteiger partial charge in [-0.15, -0.1) is 12.4 Å². The van der Waals surface area contributed by atoms with Crippen LogP contribution < -0.4 is 10.5 Å². The van der Waals surface area contributed by atoms with Crippen molar-refractivity contribution < 1.29 is 19.7 Å². The molecule has 2 rings (SSSR count). The Morgan fingerprint density at radius 2 is 1.87 bits per heavy atom. The Morgan fingerprint density at radius 1 is 1.22 bits per heavy atom. The van der Waals surface area contributed by atoms with Crippen molar-refractivity contribution in [3.63, 3.8) is 0 Å². The van der Waals surface area contributed by atoms with Crippen molar-refractivity contribution in [1.29, 1.82) is 0 Å². The Kier molecular flexibility index (Phi) is 7.03. The van der Waals surface area contributed by atoms with E-state index in [0.717, 1.165) is 5.56 Å². The molecule has 0 amide bonds. The van der Waals surface area contributed by atoms with E-state index in [9.17, 15) is 15.0 Å². The predicted molar refractivity (Wildman–Crippen MR) is 89.7 cm³/mol. The predicted octanol–water partition coefficient (Wildman–Crippen LogP) is 2.34. The van der Waals surface area contributed by atoms with Crippen LogP contribution in [0.3, 0.4) is 0 Å². The lowest BCUT2D eigenvalue weighted by Crippen LogP contribution is -2.28. The second-order valence-corrected chi connectivity index (χ2v) is 5.10. The van der Waals surface area contributed by atoms with E-state index in [1.54, 1.807) is 6.07 Å². The van der Waals surface area contributed by atoms with Gasteiger partial charge in [0.1, 0.15) is 0 Å². The number of aliphatic hydroxyl groups is 1. The summed E-state index contributed by atoms with van der Waals surface area (Å²) in [6.07, 6.45) is -0.379. The molecule has 0 heterocycles. The summed E-state index contributed by atoms with van der Waals surface area (Å²) in [4.78, 5) is 10.9. The Bertz CT molecular complexity index is 648. The molecule has 0 spiro atoms. The van der Waals surface area contributed by atoms with Gasteiger partial charge in [-0.25, -0.2) is 0 Å². The molecule has 0 saturated heterocycles. The molecule has 2 aromatic rings. The van der Waals surface area contributed by atoms with Gasteiger partial charge in [-0.1, -0.05) is 36.4 Å². The van der Waals surface area contributed by atoms with Crippen LogP contribution in [0, 0.1) is 0 Å². The van der Waals surface area contributed by atoms with E-state index in [4.69, 9.17) is 10.5 Å². The number of halogens is 1. The number of carbonyl (C=O) groups excluding carboxylic acids is 1. The molecule has 0 aliphatic carbocycles. The van der Waals surface area contributed by atoms with Crippen molar-refractivity contribution in [3.05, 3.63) is 59.7 Å². The van der Waals surface area contributed by atoms with Gasteiger partial charge in [0.15, 0.2) is 11.5 Å². The molecule has 0 bridgehead atoms. The molecular weight excluding hydrogens is 318 g/mol. The number of esters is 1. The molecule has 0 aromatic heterocycles. The third kappa shape index (κ3) is 5.25. The van der Waals surface area contributed by atoms with Crippen LogP contribution in [0.2, 0.25) is 0 Å². The summed E-state index contributed by atoms with van der Waals surface area (Å²) in [6, 6.07) is 13.4. The molecule has 0 unspecified atom stereocenters. The first-order valence-electron chi connectivity index (χ1n) is 6.96. The van der Waals surface area contributed by atoms with E-state index < -0.39 is 18.1 Å². The molecule has 23 heavy (non-hydrogen) atoms. The van der Waals surface area contributed by atoms with Crippen LogP contribution in [0.1, 0.15) is 24.1 Å². The third-order valence-corrected chi connectivity index (χ3v) is 3.32. The largest absolute Gasteiger partial charge is 0.504 e. The van der Waals surface area contributed by atoms with Gasteiger partial charge in [-0.05, 0) is 23.3 Å². The number of nitrogens with two attached hydrogens (primary N) is 1. The van der Waals surface area contributed by atoms with Crippen LogP contribution in [0.5, 0.6) is 11.5 Å². The van der Waals surface area contributed by atoms with Crippen molar-refractivity contribution in [2.24, 2.45) is 5.73 Å². The minimum Gasteiger partial charge on any atom is -0.504 e. The number of aliphatic hydroxyl groups excluding tert-OH is 1. The standard InChI is InChI=1S/C17H19NO4.ClH/c1-11(19)22-16-8-7-13(10-14(16)20)17(18)15(21)9-12-5-3-2-4-6-12;/h2-8,10,15,17,20-21H,9,18H2,1H3;1H/t15-,17+;/m0./s1. The summed E-state index contributed by atoms with van der Waals surface area (Å²) >= 11 is 0. The molecule has 0 aliphatic rings. The quantitative estimate of drug-likeness (QED) is 0.575. The van der Waals surface area contributed by atoms with E-state index in [1.807, 2.05) is 30.3 Å². The molecule has 6 heteroatoms. The molecule has 0 saturated carbocycles. The molecule has 4 N–H and O–H groups in total. The SMILES string of the molecule is CC(=O)Oc1ccc([C@@H](N)[C@@H](O)Cc2ccccc2)cc1O.Cl. The third-order valence-electron chi connectivity index (χ3n) is 3.32. The zero-order valence-corrected chi connectivity index (χ0v) is 13.5. The summed E-state index contributed by atoms with van der Waals surface area (Å²) in [5.74, 6) is -0.632. The molecular formula is C17H20ClNO4. The van der Waals surface area contributed by atoms with Crippen LogP contribution >= 0.6 is 12.4 Å². The number of benzene rings is 2. The maximum atomic E-state index is 10.9. The first-order chi connectivity index (χ1) is 10.5. The highest BCUT2D eigenvalue weighted by Crippen LogP contribution is 2.30. The van der Waals surface area contributed by atoms with E-state index in [2.05, 4.69) is 0 Å². The van der Waals surface area contributed by atoms with E-state index in [-0.39, 0.29) is 23.9 Å². The first-order valence-corrected chi connectivity index (χ1v) is 6.96. The molecule has 5 nitrogen and oxygen atoms in total. The highest BCUT2D eigenvalue weighted by molar-refractivity contribution is 5.85. The van der Waals surface area contributed by atoms with Crippen molar-refractivity contribution in [2.75, 3.05) is 0 Å². The van der Waals surface area contributed by atoms with Gasteiger partial charge in [0.05, 0.1) is 12.1 Å². The molecule has 0 aliphatic heterocycles. The lowest BCUT2D eigenvalue weighted by atomic mass is 9.96. The van der Waals surface area contributed by atoms with E-state index >= 15 is 0 Å². The first kappa shape index (κ1) is 19.0. The summed E-state index contributed by atoms with van der Waals surface area (Å²) in [6.45, 7) is 1.25. The minimum absolute atomic E-state index is 0. The normalized spacial score (nSPS) is 12.8. The van der Waals surface area contributed by atoms with Crippen molar-refractivity contribution in [1.82, 2.24) is 0 Å².